The Labute approximate surface area is 90.4 Å². The molecular formula is C9H8N4O3. The van der Waals surface area contributed by atoms with Gasteiger partial charge in [0.2, 0.25) is 11.8 Å². The molecule has 2 heterocycles. The van der Waals surface area contributed by atoms with Crippen molar-refractivity contribution in [3.05, 3.63) is 11.8 Å². The van der Waals surface area contributed by atoms with Gasteiger partial charge in [0.05, 0.1) is 12.1 Å². The number of nitrogens with two attached hydrogens (primary N) is 1. The predicted molar refractivity (Wildman–Crippen MR) is 50.9 cm³/mol. The highest BCUT2D eigenvalue weighted by atomic mass is 16.5. The van der Waals surface area contributed by atoms with Crippen molar-refractivity contribution in [1.82, 2.24) is 5.16 Å². The third-order valence-corrected chi connectivity index (χ3v) is 2.44. The first-order valence-electron chi connectivity index (χ1n) is 4.58. The first-order chi connectivity index (χ1) is 7.63. The lowest BCUT2D eigenvalue weighted by molar-refractivity contribution is -0.123. The van der Waals surface area contributed by atoms with E-state index in [1.165, 1.54) is 11.1 Å². The largest absolute Gasteiger partial charge is 0.369 e. The Morgan fingerprint density at radius 1 is 1.75 bits per heavy atom. The van der Waals surface area contributed by atoms with Crippen LogP contribution in [0, 0.1) is 17.2 Å². The van der Waals surface area contributed by atoms with Crippen LogP contribution in [0.3, 0.4) is 0 Å². The number of nitrogens with zero attached hydrogens (tertiary/aromatic N) is 3. The summed E-state index contributed by atoms with van der Waals surface area (Å²) in [6.45, 7) is 0.137. The van der Waals surface area contributed by atoms with Crippen molar-refractivity contribution in [3.8, 4) is 6.07 Å². The molecule has 2 N–H and O–H groups in total. The summed E-state index contributed by atoms with van der Waals surface area (Å²) in [5.74, 6) is -1.29. The molecule has 16 heavy (non-hydrogen) atoms. The minimum absolute atomic E-state index is 0.0426. The van der Waals surface area contributed by atoms with Crippen LogP contribution < -0.4 is 10.6 Å². The Morgan fingerprint density at radius 3 is 3.06 bits per heavy atom. The van der Waals surface area contributed by atoms with Gasteiger partial charge in [0, 0.05) is 13.0 Å². The van der Waals surface area contributed by atoms with E-state index in [-0.39, 0.29) is 30.3 Å². The van der Waals surface area contributed by atoms with E-state index < -0.39 is 11.8 Å². The lowest BCUT2D eigenvalue weighted by Gasteiger charge is -2.11. The molecule has 7 nitrogen and oxygen atoms in total. The number of amides is 2. The second kappa shape index (κ2) is 3.66. The number of carbonyl (C=O) groups excluding carboxylic acids is 2. The molecule has 2 amide bonds. The van der Waals surface area contributed by atoms with Crippen molar-refractivity contribution in [2.45, 2.75) is 6.42 Å². The van der Waals surface area contributed by atoms with Crippen LogP contribution in [-0.4, -0.2) is 23.5 Å². The van der Waals surface area contributed by atoms with Gasteiger partial charge < -0.3 is 10.3 Å². The van der Waals surface area contributed by atoms with E-state index in [4.69, 9.17) is 15.5 Å². The summed E-state index contributed by atoms with van der Waals surface area (Å²) in [5.41, 5.74) is 5.28. The molecule has 1 fully saturated rings. The Kier molecular flexibility index (Phi) is 2.32. The van der Waals surface area contributed by atoms with Crippen molar-refractivity contribution in [2.24, 2.45) is 11.7 Å². The van der Waals surface area contributed by atoms with Crippen LogP contribution in [0.25, 0.3) is 0 Å². The van der Waals surface area contributed by atoms with Gasteiger partial charge in [0.15, 0.2) is 0 Å². The second-order valence-electron chi connectivity index (χ2n) is 3.46. The van der Waals surface area contributed by atoms with Gasteiger partial charge in [-0.1, -0.05) is 5.16 Å². The Balaban J connectivity index is 2.27. The molecule has 1 aliphatic rings. The van der Waals surface area contributed by atoms with Crippen molar-refractivity contribution < 1.29 is 14.1 Å². The van der Waals surface area contributed by atoms with Crippen molar-refractivity contribution in [3.63, 3.8) is 0 Å². The average Bonchev–Trinajstić information content (AvgIpc) is 2.82. The SMILES string of the molecule is N#Cc1cnoc1N1CC(C(N)=O)CC1=O. The summed E-state index contributed by atoms with van der Waals surface area (Å²) in [6, 6.07) is 1.85. The van der Waals surface area contributed by atoms with Gasteiger partial charge in [-0.25, -0.2) is 0 Å². The molecular weight excluding hydrogens is 212 g/mol. The fraction of sp³-hybridized carbons (Fsp3) is 0.333. The summed E-state index contributed by atoms with van der Waals surface area (Å²) in [4.78, 5) is 23.7. The molecule has 1 unspecified atom stereocenters. The van der Waals surface area contributed by atoms with E-state index in [0.717, 1.165) is 0 Å². The van der Waals surface area contributed by atoms with Gasteiger partial charge in [0.25, 0.3) is 5.88 Å². The molecule has 7 heteroatoms. The van der Waals surface area contributed by atoms with Crippen LogP contribution >= 0.6 is 0 Å². The molecule has 82 valence electrons. The maximum absolute atomic E-state index is 11.6. The summed E-state index contributed by atoms with van der Waals surface area (Å²) >= 11 is 0. The highest BCUT2D eigenvalue weighted by molar-refractivity contribution is 5.99. The van der Waals surface area contributed by atoms with Crippen LogP contribution in [0.1, 0.15) is 12.0 Å². The Hall–Kier alpha value is -2.36. The molecule has 0 bridgehead atoms. The first-order valence-corrected chi connectivity index (χ1v) is 4.58. The monoisotopic (exact) mass is 220 g/mol. The number of aromatic nitrogens is 1. The summed E-state index contributed by atoms with van der Waals surface area (Å²) in [6.07, 6.45) is 1.26. The van der Waals surface area contributed by atoms with Crippen LogP contribution in [0.15, 0.2) is 10.7 Å². The molecule has 1 aromatic heterocycles. The van der Waals surface area contributed by atoms with E-state index in [2.05, 4.69) is 5.16 Å². The van der Waals surface area contributed by atoms with Gasteiger partial charge in [-0.05, 0) is 0 Å². The second-order valence-corrected chi connectivity index (χ2v) is 3.46. The normalized spacial score (nSPS) is 19.8. The van der Waals surface area contributed by atoms with Gasteiger partial charge in [-0.2, -0.15) is 5.26 Å². The number of hydrogen-bond acceptors (Lipinski definition) is 5. The van der Waals surface area contributed by atoms with Gasteiger partial charge in [-0.3, -0.25) is 14.5 Å². The topological polar surface area (TPSA) is 113 Å². The van der Waals surface area contributed by atoms with Crippen molar-refractivity contribution in [2.75, 3.05) is 11.4 Å². The molecule has 0 aromatic carbocycles. The number of carbonyl (C=O) groups is 2. The Bertz CT molecular complexity index is 487. The van der Waals surface area contributed by atoms with Crippen molar-refractivity contribution in [1.29, 1.82) is 5.26 Å². The van der Waals surface area contributed by atoms with Crippen LogP contribution in [0.2, 0.25) is 0 Å². The zero-order chi connectivity index (χ0) is 11.7. The third-order valence-electron chi connectivity index (χ3n) is 2.44. The van der Waals surface area contributed by atoms with Crippen molar-refractivity contribution >= 4 is 17.7 Å². The molecule has 1 saturated heterocycles. The summed E-state index contributed by atoms with van der Waals surface area (Å²) in [5, 5.41) is 12.2. The standard InChI is InChI=1S/C9H8N4O3/c10-2-6-3-12-16-9(6)13-4-5(8(11)15)1-7(13)14/h3,5H,1,4H2,(H2,11,15). The minimum atomic E-state index is -0.538. The van der Waals surface area contributed by atoms with Gasteiger partial charge >= 0.3 is 0 Å². The molecule has 0 saturated carbocycles. The summed E-state index contributed by atoms with van der Waals surface area (Å²) in [7, 11) is 0. The lowest BCUT2D eigenvalue weighted by atomic mass is 10.1. The highest BCUT2D eigenvalue weighted by Crippen LogP contribution is 2.27. The minimum Gasteiger partial charge on any atom is -0.369 e. The summed E-state index contributed by atoms with van der Waals surface area (Å²) < 4.78 is 4.82. The molecule has 1 atom stereocenters. The number of anilines is 1. The third kappa shape index (κ3) is 1.50. The smallest absolute Gasteiger partial charge is 0.251 e. The molecule has 0 radical (unpaired) electrons. The highest BCUT2D eigenvalue weighted by Gasteiger charge is 2.36. The predicted octanol–water partition coefficient (Wildman–Crippen LogP) is -0.616. The van der Waals surface area contributed by atoms with E-state index in [1.54, 1.807) is 0 Å². The zero-order valence-corrected chi connectivity index (χ0v) is 8.21. The Morgan fingerprint density at radius 2 is 2.50 bits per heavy atom. The van der Waals surface area contributed by atoms with Crippen LogP contribution in [0.5, 0.6) is 0 Å². The number of hydrogen-bond donors (Lipinski definition) is 1. The van der Waals surface area contributed by atoms with Gasteiger partial charge in [0.1, 0.15) is 11.6 Å². The van der Waals surface area contributed by atoms with E-state index in [9.17, 15) is 9.59 Å². The number of rotatable bonds is 2. The quantitative estimate of drug-likeness (QED) is 0.713. The van der Waals surface area contributed by atoms with E-state index in [1.807, 2.05) is 6.07 Å². The molecule has 1 aromatic rings. The molecule has 2 rings (SSSR count). The van der Waals surface area contributed by atoms with Crippen LogP contribution in [-0.2, 0) is 9.59 Å². The molecule has 0 aliphatic carbocycles. The first kappa shape index (κ1) is 10.2. The average molecular weight is 220 g/mol. The number of nitriles is 1. The number of primary amides is 1. The van der Waals surface area contributed by atoms with Crippen LogP contribution in [0.4, 0.5) is 5.88 Å². The lowest BCUT2D eigenvalue weighted by Crippen LogP contribution is -2.28. The maximum Gasteiger partial charge on any atom is 0.251 e. The molecule has 0 spiro atoms. The maximum atomic E-state index is 11.6. The van der Waals surface area contributed by atoms with E-state index in [0.29, 0.717) is 0 Å². The fourth-order valence-corrected chi connectivity index (χ4v) is 1.60. The molecule has 1 aliphatic heterocycles. The van der Waals surface area contributed by atoms with Gasteiger partial charge in [-0.15, -0.1) is 0 Å². The fourth-order valence-electron chi connectivity index (χ4n) is 1.60. The van der Waals surface area contributed by atoms with E-state index >= 15 is 0 Å². The zero-order valence-electron chi connectivity index (χ0n) is 8.21.